The zero-order valence-corrected chi connectivity index (χ0v) is 26.8. The highest BCUT2D eigenvalue weighted by atomic mass is 15.1. The van der Waals surface area contributed by atoms with E-state index in [-0.39, 0.29) is 0 Å². The molecule has 0 aliphatic heterocycles. The van der Waals surface area contributed by atoms with Gasteiger partial charge >= 0.3 is 0 Å². The van der Waals surface area contributed by atoms with E-state index in [0.29, 0.717) is 12.0 Å². The molecule has 0 N–H and O–H groups in total. The average molecular weight is 531 g/mol. The summed E-state index contributed by atoms with van der Waals surface area (Å²) < 4.78 is 2.54. The van der Waals surface area contributed by atoms with E-state index in [1.807, 2.05) is 0 Å². The van der Waals surface area contributed by atoms with E-state index < -0.39 is 0 Å². The average Bonchev–Trinajstić information content (AvgIpc) is 3.41. The van der Waals surface area contributed by atoms with Crippen LogP contribution in [0.5, 0.6) is 0 Å². The van der Waals surface area contributed by atoms with E-state index in [0.717, 1.165) is 0 Å². The molecule has 0 fully saturated rings. The maximum Gasteiger partial charge on any atom is 0.111 e. The molecule has 2 nitrogen and oxygen atoms in total. The molecule has 0 aromatic carbocycles. The molecule has 0 saturated heterocycles. The van der Waals surface area contributed by atoms with Crippen molar-refractivity contribution in [1.29, 1.82) is 0 Å². The van der Waals surface area contributed by atoms with Gasteiger partial charge in [-0.2, -0.15) is 0 Å². The van der Waals surface area contributed by atoms with Crippen LogP contribution in [0.25, 0.3) is 0 Å². The summed E-state index contributed by atoms with van der Waals surface area (Å²) in [4.78, 5) is 4.93. The molecule has 0 aliphatic rings. The number of nitrogens with zero attached hydrogens (tertiary/aromatic N) is 2. The first kappa shape index (κ1) is 35.2. The van der Waals surface area contributed by atoms with Gasteiger partial charge in [0.05, 0.1) is 0 Å². The van der Waals surface area contributed by atoms with E-state index >= 15 is 0 Å². The van der Waals surface area contributed by atoms with Crippen molar-refractivity contribution in [1.82, 2.24) is 9.55 Å². The van der Waals surface area contributed by atoms with Gasteiger partial charge in [-0.1, -0.05) is 175 Å². The van der Waals surface area contributed by atoms with Gasteiger partial charge in [0.15, 0.2) is 0 Å². The van der Waals surface area contributed by atoms with Gasteiger partial charge in [0.25, 0.3) is 0 Å². The lowest BCUT2D eigenvalue weighted by molar-refractivity contribution is 0.414. The smallest absolute Gasteiger partial charge is 0.111 e. The summed E-state index contributed by atoms with van der Waals surface area (Å²) in [7, 11) is 0. The predicted molar refractivity (Wildman–Crippen MR) is 171 cm³/mol. The van der Waals surface area contributed by atoms with Crippen molar-refractivity contribution < 1.29 is 0 Å². The van der Waals surface area contributed by atoms with Crippen LogP contribution in [0, 0.1) is 0 Å². The second kappa shape index (κ2) is 26.4. The summed E-state index contributed by atoms with van der Waals surface area (Å²) in [5, 5.41) is 0. The third-order valence-corrected chi connectivity index (χ3v) is 8.83. The molecule has 0 aliphatic carbocycles. The molecule has 1 rings (SSSR count). The SMILES string of the molecule is CCCCCCCCCCCCCCCCCCC(CCCCC)c1nccn1C(C)CCCCCCC. The molecule has 0 saturated carbocycles. The van der Waals surface area contributed by atoms with Crippen molar-refractivity contribution in [2.75, 3.05) is 0 Å². The fourth-order valence-electron chi connectivity index (χ4n) is 6.18. The van der Waals surface area contributed by atoms with E-state index in [1.165, 1.54) is 179 Å². The Bertz CT molecular complexity index is 592. The van der Waals surface area contributed by atoms with Crippen LogP contribution in [-0.4, -0.2) is 9.55 Å². The summed E-state index contributed by atoms with van der Waals surface area (Å²) in [5.41, 5.74) is 0. The van der Waals surface area contributed by atoms with E-state index in [2.05, 4.69) is 44.7 Å². The molecule has 0 amide bonds. The maximum atomic E-state index is 4.93. The minimum absolute atomic E-state index is 0.591. The monoisotopic (exact) mass is 531 g/mol. The lowest BCUT2D eigenvalue weighted by atomic mass is 9.93. The van der Waals surface area contributed by atoms with Gasteiger partial charge in [-0.25, -0.2) is 4.98 Å². The molecule has 2 unspecified atom stereocenters. The third kappa shape index (κ3) is 18.5. The predicted octanol–water partition coefficient (Wildman–Crippen LogP) is 13.1. The Hall–Kier alpha value is -0.790. The summed E-state index contributed by atoms with van der Waals surface area (Å²) in [5.74, 6) is 2.05. The largest absolute Gasteiger partial charge is 0.332 e. The van der Waals surface area contributed by atoms with E-state index in [4.69, 9.17) is 4.98 Å². The highest BCUT2D eigenvalue weighted by Gasteiger charge is 2.19. The van der Waals surface area contributed by atoms with Gasteiger partial charge in [0.2, 0.25) is 0 Å². The molecule has 0 radical (unpaired) electrons. The minimum atomic E-state index is 0.591. The molecule has 0 bridgehead atoms. The summed E-state index contributed by atoms with van der Waals surface area (Å²) in [6, 6.07) is 0.591. The van der Waals surface area contributed by atoms with Crippen LogP contribution in [0.4, 0.5) is 0 Å². The topological polar surface area (TPSA) is 17.8 Å². The number of imidazole rings is 1. The van der Waals surface area contributed by atoms with Crippen molar-refractivity contribution in [3.05, 3.63) is 18.2 Å². The second-order valence-corrected chi connectivity index (χ2v) is 12.5. The van der Waals surface area contributed by atoms with Crippen LogP contribution < -0.4 is 0 Å². The van der Waals surface area contributed by atoms with Gasteiger partial charge in [-0.15, -0.1) is 0 Å². The highest BCUT2D eigenvalue weighted by Crippen LogP contribution is 2.30. The first-order valence-corrected chi connectivity index (χ1v) is 17.8. The maximum absolute atomic E-state index is 4.93. The van der Waals surface area contributed by atoms with Gasteiger partial charge in [-0.3, -0.25) is 0 Å². The summed E-state index contributed by atoms with van der Waals surface area (Å²) in [6.07, 6.45) is 42.4. The second-order valence-electron chi connectivity index (χ2n) is 12.5. The Morgan fingerprint density at radius 3 is 1.29 bits per heavy atom. The number of unbranched alkanes of at least 4 members (excludes halogenated alkanes) is 21. The lowest BCUT2D eigenvalue weighted by Gasteiger charge is -2.22. The lowest BCUT2D eigenvalue weighted by Crippen LogP contribution is -2.13. The molecular weight excluding hydrogens is 460 g/mol. The minimum Gasteiger partial charge on any atom is -0.332 e. The molecule has 1 heterocycles. The zero-order valence-electron chi connectivity index (χ0n) is 26.8. The first-order chi connectivity index (χ1) is 18.7. The van der Waals surface area contributed by atoms with Crippen molar-refractivity contribution in [2.24, 2.45) is 0 Å². The molecule has 2 atom stereocenters. The summed E-state index contributed by atoms with van der Waals surface area (Å²) in [6.45, 7) is 9.36. The van der Waals surface area contributed by atoms with E-state index in [9.17, 15) is 0 Å². The standard InChI is InChI=1S/C36H70N2/c1-5-8-11-13-14-15-16-17-18-19-20-21-22-23-25-28-31-35(30-26-10-7-3)36-37-32-33-38(36)34(4)29-27-24-12-9-6-2/h32-35H,5-31H2,1-4H3. The van der Waals surface area contributed by atoms with Gasteiger partial charge < -0.3 is 4.57 Å². The van der Waals surface area contributed by atoms with Crippen LogP contribution in [-0.2, 0) is 0 Å². The van der Waals surface area contributed by atoms with Crippen molar-refractivity contribution in [2.45, 2.75) is 213 Å². The van der Waals surface area contributed by atoms with Crippen molar-refractivity contribution >= 4 is 0 Å². The molecule has 1 aromatic rings. The fraction of sp³-hybridized carbons (Fsp3) is 0.917. The number of rotatable bonds is 29. The van der Waals surface area contributed by atoms with Crippen LogP contribution in [0.2, 0.25) is 0 Å². The van der Waals surface area contributed by atoms with Gasteiger partial charge in [-0.05, 0) is 26.2 Å². The normalized spacial score (nSPS) is 13.3. The Morgan fingerprint density at radius 1 is 0.500 bits per heavy atom. The number of aromatic nitrogens is 2. The van der Waals surface area contributed by atoms with Crippen molar-refractivity contribution in [3.63, 3.8) is 0 Å². The highest BCUT2D eigenvalue weighted by molar-refractivity contribution is 5.02. The van der Waals surface area contributed by atoms with Gasteiger partial charge in [0.1, 0.15) is 5.82 Å². The Kier molecular flexibility index (Phi) is 24.5. The molecule has 1 aromatic heterocycles. The number of hydrogen-bond donors (Lipinski definition) is 0. The molecular formula is C36H70N2. The van der Waals surface area contributed by atoms with Crippen molar-refractivity contribution in [3.8, 4) is 0 Å². The zero-order chi connectivity index (χ0) is 27.5. The van der Waals surface area contributed by atoms with Crippen LogP contribution in [0.15, 0.2) is 12.4 Å². The first-order valence-electron chi connectivity index (χ1n) is 17.8. The Morgan fingerprint density at radius 2 is 0.842 bits per heavy atom. The Labute approximate surface area is 240 Å². The van der Waals surface area contributed by atoms with Crippen LogP contribution in [0.3, 0.4) is 0 Å². The van der Waals surface area contributed by atoms with Gasteiger partial charge in [0, 0.05) is 24.4 Å². The Balaban J connectivity index is 2.21. The van der Waals surface area contributed by atoms with E-state index in [1.54, 1.807) is 0 Å². The third-order valence-electron chi connectivity index (χ3n) is 8.83. The molecule has 2 heteroatoms. The van der Waals surface area contributed by atoms with Crippen LogP contribution in [0.1, 0.15) is 219 Å². The quantitative estimate of drug-likeness (QED) is 0.0941. The molecule has 0 spiro atoms. The molecule has 38 heavy (non-hydrogen) atoms. The van der Waals surface area contributed by atoms with Crippen LogP contribution >= 0.6 is 0 Å². The molecule has 224 valence electrons. The summed E-state index contributed by atoms with van der Waals surface area (Å²) >= 11 is 0. The number of hydrogen-bond acceptors (Lipinski definition) is 1. The fourth-order valence-corrected chi connectivity index (χ4v) is 6.18.